The Morgan fingerprint density at radius 2 is 2.07 bits per heavy atom. The predicted molar refractivity (Wildman–Crippen MR) is 100 cm³/mol. The molecule has 1 saturated heterocycles. The lowest BCUT2D eigenvalue weighted by molar-refractivity contribution is -0.128. The van der Waals surface area contributed by atoms with Gasteiger partial charge in [-0.05, 0) is 42.0 Å². The second-order valence-corrected chi connectivity index (χ2v) is 7.00. The van der Waals surface area contributed by atoms with Crippen LogP contribution in [0.1, 0.15) is 23.8 Å². The van der Waals surface area contributed by atoms with Gasteiger partial charge in [-0.25, -0.2) is 4.39 Å². The number of methoxy groups -OCH3 is 1. The number of benzene rings is 2. The summed E-state index contributed by atoms with van der Waals surface area (Å²) in [6.45, 7) is 0.755. The normalized spacial score (nSPS) is 16.6. The van der Waals surface area contributed by atoms with Crippen molar-refractivity contribution in [2.75, 3.05) is 13.7 Å². The molecule has 2 heterocycles. The molecular formula is C20H17ClFN3O3. The number of carbonyl (C=O) groups is 1. The van der Waals surface area contributed by atoms with Crippen molar-refractivity contribution in [3.63, 3.8) is 0 Å². The van der Waals surface area contributed by atoms with Gasteiger partial charge in [-0.1, -0.05) is 22.8 Å². The minimum absolute atomic E-state index is 0.0328. The van der Waals surface area contributed by atoms with Crippen LogP contribution in [0.25, 0.3) is 11.4 Å². The highest BCUT2D eigenvalue weighted by Gasteiger charge is 2.34. The summed E-state index contributed by atoms with van der Waals surface area (Å²) < 4.78 is 23.7. The summed E-state index contributed by atoms with van der Waals surface area (Å²) in [5.74, 6) is 0.998. The van der Waals surface area contributed by atoms with Gasteiger partial charge in [0.15, 0.2) is 0 Å². The fourth-order valence-electron chi connectivity index (χ4n) is 3.20. The Hall–Kier alpha value is -2.93. The summed E-state index contributed by atoms with van der Waals surface area (Å²) in [7, 11) is 1.60. The zero-order valence-electron chi connectivity index (χ0n) is 15.1. The van der Waals surface area contributed by atoms with Crippen LogP contribution in [0, 0.1) is 5.82 Å². The first kappa shape index (κ1) is 18.4. The zero-order valence-corrected chi connectivity index (χ0v) is 15.8. The molecule has 3 aromatic rings. The molecule has 1 atom stereocenters. The van der Waals surface area contributed by atoms with Crippen LogP contribution in [0.2, 0.25) is 5.02 Å². The molecule has 1 aliphatic rings. The van der Waals surface area contributed by atoms with Crippen molar-refractivity contribution in [3.8, 4) is 17.1 Å². The topological polar surface area (TPSA) is 68.5 Å². The molecule has 6 nitrogen and oxygen atoms in total. The molecule has 0 radical (unpaired) electrons. The molecular weight excluding hydrogens is 385 g/mol. The van der Waals surface area contributed by atoms with E-state index in [-0.39, 0.29) is 18.2 Å². The highest BCUT2D eigenvalue weighted by Crippen LogP contribution is 2.31. The molecule has 2 aromatic carbocycles. The Morgan fingerprint density at radius 1 is 1.29 bits per heavy atom. The van der Waals surface area contributed by atoms with E-state index in [0.717, 1.165) is 11.3 Å². The molecule has 8 heteroatoms. The third-order valence-electron chi connectivity index (χ3n) is 4.73. The number of carbonyl (C=O) groups excluding carboxylic acids is 1. The highest BCUT2D eigenvalue weighted by atomic mass is 35.5. The number of hydrogen-bond acceptors (Lipinski definition) is 5. The number of hydrogen-bond donors (Lipinski definition) is 0. The van der Waals surface area contributed by atoms with Gasteiger partial charge in [0.25, 0.3) is 0 Å². The van der Waals surface area contributed by atoms with E-state index in [4.69, 9.17) is 20.9 Å². The van der Waals surface area contributed by atoms with Crippen molar-refractivity contribution in [2.24, 2.45) is 0 Å². The molecule has 0 aliphatic carbocycles. The molecule has 1 aromatic heterocycles. The van der Waals surface area contributed by atoms with Gasteiger partial charge in [0.1, 0.15) is 11.6 Å². The van der Waals surface area contributed by atoms with Crippen molar-refractivity contribution in [3.05, 3.63) is 64.8 Å². The summed E-state index contributed by atoms with van der Waals surface area (Å²) in [6, 6.07) is 11.5. The first-order valence-corrected chi connectivity index (χ1v) is 9.11. The minimum atomic E-state index is -0.406. The Bertz CT molecular complexity index is 1010. The van der Waals surface area contributed by atoms with Gasteiger partial charge in [0.2, 0.25) is 17.6 Å². The first-order chi connectivity index (χ1) is 13.5. The summed E-state index contributed by atoms with van der Waals surface area (Å²) >= 11 is 6.07. The van der Waals surface area contributed by atoms with Crippen LogP contribution in [-0.2, 0) is 11.3 Å². The standard InChI is InChI=1S/C20H17ClFN3O3/c1-27-16-6-3-12(4-7-16)19-23-20(28-24-19)14-8-18(26)25(11-14)10-13-2-5-15(22)9-17(13)21/h2-7,9,14H,8,10-11H2,1H3. The van der Waals surface area contributed by atoms with E-state index in [9.17, 15) is 9.18 Å². The van der Waals surface area contributed by atoms with Crippen molar-refractivity contribution >= 4 is 17.5 Å². The molecule has 1 fully saturated rings. The minimum Gasteiger partial charge on any atom is -0.497 e. The van der Waals surface area contributed by atoms with Gasteiger partial charge in [-0.2, -0.15) is 4.98 Å². The highest BCUT2D eigenvalue weighted by molar-refractivity contribution is 6.31. The molecule has 1 unspecified atom stereocenters. The average molecular weight is 402 g/mol. The second-order valence-electron chi connectivity index (χ2n) is 6.60. The van der Waals surface area contributed by atoms with E-state index in [0.29, 0.717) is 35.4 Å². The predicted octanol–water partition coefficient (Wildman–Crippen LogP) is 4.05. The van der Waals surface area contributed by atoms with E-state index in [1.165, 1.54) is 12.1 Å². The monoisotopic (exact) mass is 401 g/mol. The van der Waals surface area contributed by atoms with Crippen LogP contribution < -0.4 is 4.74 Å². The van der Waals surface area contributed by atoms with E-state index < -0.39 is 5.82 Å². The molecule has 0 spiro atoms. The maximum Gasteiger partial charge on any atom is 0.232 e. The smallest absolute Gasteiger partial charge is 0.232 e. The quantitative estimate of drug-likeness (QED) is 0.645. The lowest BCUT2D eigenvalue weighted by atomic mass is 10.1. The molecule has 1 aliphatic heterocycles. The molecule has 4 rings (SSSR count). The molecule has 0 bridgehead atoms. The van der Waals surface area contributed by atoms with Crippen molar-refractivity contribution in [2.45, 2.75) is 18.9 Å². The molecule has 0 saturated carbocycles. The van der Waals surface area contributed by atoms with Crippen LogP contribution in [-0.4, -0.2) is 34.6 Å². The third kappa shape index (κ3) is 3.71. The number of amides is 1. The lowest BCUT2D eigenvalue weighted by Crippen LogP contribution is -2.24. The van der Waals surface area contributed by atoms with Crippen LogP contribution in [0.15, 0.2) is 47.0 Å². The molecule has 0 N–H and O–H groups in total. The van der Waals surface area contributed by atoms with Crippen LogP contribution >= 0.6 is 11.6 Å². The summed E-state index contributed by atoms with van der Waals surface area (Å²) in [4.78, 5) is 18.5. The van der Waals surface area contributed by atoms with E-state index in [2.05, 4.69) is 10.1 Å². The van der Waals surface area contributed by atoms with Gasteiger partial charge < -0.3 is 14.2 Å². The Balaban J connectivity index is 1.47. The van der Waals surface area contributed by atoms with Crippen LogP contribution in [0.3, 0.4) is 0 Å². The van der Waals surface area contributed by atoms with Gasteiger partial charge in [0.05, 0.1) is 13.0 Å². The second kappa shape index (κ2) is 7.59. The maximum absolute atomic E-state index is 13.2. The molecule has 28 heavy (non-hydrogen) atoms. The summed E-state index contributed by atoms with van der Waals surface area (Å²) in [5, 5.41) is 4.33. The van der Waals surface area contributed by atoms with Crippen LogP contribution in [0.4, 0.5) is 4.39 Å². The van der Waals surface area contributed by atoms with Gasteiger partial charge in [-0.15, -0.1) is 0 Å². The van der Waals surface area contributed by atoms with Crippen molar-refractivity contribution in [1.82, 2.24) is 15.0 Å². The number of aromatic nitrogens is 2. The fraction of sp³-hybridized carbons (Fsp3) is 0.250. The Kier molecular flexibility index (Phi) is 5.00. The summed E-state index contributed by atoms with van der Waals surface area (Å²) in [5.41, 5.74) is 1.50. The van der Waals surface area contributed by atoms with Crippen LogP contribution in [0.5, 0.6) is 5.75 Å². The van der Waals surface area contributed by atoms with Crippen molar-refractivity contribution in [1.29, 1.82) is 0 Å². The Morgan fingerprint density at radius 3 is 2.79 bits per heavy atom. The molecule has 1 amide bonds. The lowest BCUT2D eigenvalue weighted by Gasteiger charge is -2.17. The number of likely N-dealkylation sites (tertiary alicyclic amines) is 1. The Labute approximate surface area is 165 Å². The number of rotatable bonds is 5. The van der Waals surface area contributed by atoms with E-state index >= 15 is 0 Å². The molecule has 144 valence electrons. The van der Waals surface area contributed by atoms with E-state index in [1.807, 2.05) is 24.3 Å². The van der Waals surface area contributed by atoms with Gasteiger partial charge in [0, 0.05) is 30.1 Å². The number of nitrogens with zero attached hydrogens (tertiary/aromatic N) is 3. The average Bonchev–Trinajstić information content (AvgIpc) is 3.31. The van der Waals surface area contributed by atoms with Gasteiger partial charge in [-0.3, -0.25) is 4.79 Å². The number of halogens is 2. The van der Waals surface area contributed by atoms with Crippen molar-refractivity contribution < 1.29 is 18.4 Å². The summed E-state index contributed by atoms with van der Waals surface area (Å²) in [6.07, 6.45) is 0.281. The first-order valence-electron chi connectivity index (χ1n) is 8.73. The zero-order chi connectivity index (χ0) is 19.7. The number of ether oxygens (including phenoxy) is 1. The third-order valence-corrected chi connectivity index (χ3v) is 5.08. The largest absolute Gasteiger partial charge is 0.497 e. The van der Waals surface area contributed by atoms with E-state index in [1.54, 1.807) is 18.1 Å². The maximum atomic E-state index is 13.2. The SMILES string of the molecule is COc1ccc(-c2noc(C3CC(=O)N(Cc4ccc(F)cc4Cl)C3)n2)cc1. The fourth-order valence-corrected chi connectivity index (χ4v) is 3.43. The van der Waals surface area contributed by atoms with Gasteiger partial charge >= 0.3 is 0 Å².